The predicted molar refractivity (Wildman–Crippen MR) is 89.3 cm³/mol. The van der Waals surface area contributed by atoms with Crippen LogP contribution >= 0.6 is 0 Å². The summed E-state index contributed by atoms with van der Waals surface area (Å²) in [5.74, 6) is -0.841. The molecule has 0 aliphatic rings. The minimum atomic E-state index is -1.85. The molecule has 0 radical (unpaired) electrons. The Balaban J connectivity index is 2.45. The SMILES string of the molecule is O=Cc1cccc(C(O)C(=O)N(CCO)c2ccccc2)c1[N+](=O)[O-]. The third-order valence-corrected chi connectivity index (χ3v) is 3.59. The smallest absolute Gasteiger partial charge is 0.286 e. The second-order valence-electron chi connectivity index (χ2n) is 5.11. The molecule has 2 N–H and O–H groups in total. The summed E-state index contributed by atoms with van der Waals surface area (Å²) in [4.78, 5) is 35.3. The number of hydrogen-bond donors (Lipinski definition) is 2. The van der Waals surface area contributed by atoms with E-state index in [1.165, 1.54) is 18.2 Å². The highest BCUT2D eigenvalue weighted by Gasteiger charge is 2.31. The zero-order valence-corrected chi connectivity index (χ0v) is 13.1. The Hall–Kier alpha value is -3.10. The molecule has 25 heavy (non-hydrogen) atoms. The first-order chi connectivity index (χ1) is 12.0. The van der Waals surface area contributed by atoms with E-state index in [9.17, 15) is 29.9 Å². The maximum absolute atomic E-state index is 12.7. The first kappa shape index (κ1) is 18.2. The molecular formula is C17H16N2O6. The zero-order valence-electron chi connectivity index (χ0n) is 13.1. The lowest BCUT2D eigenvalue weighted by Crippen LogP contribution is -2.37. The van der Waals surface area contributed by atoms with Crippen molar-refractivity contribution in [3.05, 3.63) is 69.8 Å². The summed E-state index contributed by atoms with van der Waals surface area (Å²) in [6, 6.07) is 12.1. The maximum Gasteiger partial charge on any atom is 0.286 e. The molecule has 8 heteroatoms. The largest absolute Gasteiger partial charge is 0.395 e. The van der Waals surface area contributed by atoms with Crippen LogP contribution < -0.4 is 4.90 Å². The van der Waals surface area contributed by atoms with Gasteiger partial charge in [0.25, 0.3) is 11.6 Å². The minimum absolute atomic E-state index is 0.0962. The molecule has 0 bridgehead atoms. The number of rotatable bonds is 7. The van der Waals surface area contributed by atoms with E-state index >= 15 is 0 Å². The predicted octanol–water partition coefficient (Wildman–Crippen LogP) is 1.47. The Kier molecular flexibility index (Phi) is 5.93. The molecule has 2 aromatic carbocycles. The first-order valence-corrected chi connectivity index (χ1v) is 7.39. The van der Waals surface area contributed by atoms with Gasteiger partial charge in [-0.3, -0.25) is 19.7 Å². The van der Waals surface area contributed by atoms with Crippen molar-refractivity contribution >= 4 is 23.6 Å². The summed E-state index contributed by atoms with van der Waals surface area (Å²) in [5.41, 5.74) is -0.702. The Morgan fingerprint density at radius 1 is 1.20 bits per heavy atom. The molecule has 2 aromatic rings. The molecule has 2 rings (SSSR count). The van der Waals surface area contributed by atoms with Gasteiger partial charge in [0.05, 0.1) is 22.7 Å². The van der Waals surface area contributed by atoms with E-state index in [1.54, 1.807) is 30.3 Å². The summed E-state index contributed by atoms with van der Waals surface area (Å²) >= 11 is 0. The van der Waals surface area contributed by atoms with Crippen LogP contribution in [0.3, 0.4) is 0 Å². The molecule has 1 atom stereocenters. The van der Waals surface area contributed by atoms with Gasteiger partial charge in [-0.05, 0) is 24.3 Å². The molecule has 0 saturated heterocycles. The topological polar surface area (TPSA) is 121 Å². The summed E-state index contributed by atoms with van der Waals surface area (Å²) in [6.45, 7) is -0.453. The van der Waals surface area contributed by atoms with E-state index in [2.05, 4.69) is 0 Å². The van der Waals surface area contributed by atoms with Crippen LogP contribution in [-0.4, -0.2) is 40.5 Å². The third-order valence-electron chi connectivity index (χ3n) is 3.59. The molecule has 1 unspecified atom stereocenters. The number of carbonyl (C=O) groups excluding carboxylic acids is 2. The van der Waals surface area contributed by atoms with Crippen molar-refractivity contribution in [1.29, 1.82) is 0 Å². The molecular weight excluding hydrogens is 328 g/mol. The molecule has 130 valence electrons. The van der Waals surface area contributed by atoms with Crippen molar-refractivity contribution in [2.75, 3.05) is 18.1 Å². The number of carbonyl (C=O) groups is 2. The number of hydrogen-bond acceptors (Lipinski definition) is 6. The number of para-hydroxylation sites is 2. The van der Waals surface area contributed by atoms with Crippen molar-refractivity contribution in [2.24, 2.45) is 0 Å². The van der Waals surface area contributed by atoms with Crippen LogP contribution in [0.25, 0.3) is 0 Å². The van der Waals surface area contributed by atoms with Crippen molar-refractivity contribution in [2.45, 2.75) is 6.10 Å². The fourth-order valence-electron chi connectivity index (χ4n) is 2.46. The van der Waals surface area contributed by atoms with E-state index in [1.807, 2.05) is 0 Å². The van der Waals surface area contributed by atoms with Crippen LogP contribution in [0.15, 0.2) is 48.5 Å². The quantitative estimate of drug-likeness (QED) is 0.446. The Bertz CT molecular complexity index is 778. The van der Waals surface area contributed by atoms with Crippen LogP contribution in [0.4, 0.5) is 11.4 Å². The monoisotopic (exact) mass is 344 g/mol. The van der Waals surface area contributed by atoms with Gasteiger partial charge in [-0.1, -0.05) is 24.3 Å². The molecule has 0 spiro atoms. The van der Waals surface area contributed by atoms with Gasteiger partial charge >= 0.3 is 0 Å². The zero-order chi connectivity index (χ0) is 18.4. The molecule has 0 saturated carbocycles. The fraction of sp³-hybridized carbons (Fsp3) is 0.176. The first-order valence-electron chi connectivity index (χ1n) is 7.39. The lowest BCUT2D eigenvalue weighted by atomic mass is 10.0. The Morgan fingerprint density at radius 2 is 1.88 bits per heavy atom. The summed E-state index contributed by atoms with van der Waals surface area (Å²) in [5, 5.41) is 30.9. The number of aliphatic hydroxyl groups is 2. The van der Waals surface area contributed by atoms with Gasteiger partial charge in [0.15, 0.2) is 12.4 Å². The van der Waals surface area contributed by atoms with Crippen LogP contribution in [0.1, 0.15) is 22.0 Å². The van der Waals surface area contributed by atoms with Crippen LogP contribution in [0.5, 0.6) is 0 Å². The van der Waals surface area contributed by atoms with Gasteiger partial charge in [-0.25, -0.2) is 0 Å². The van der Waals surface area contributed by atoms with Gasteiger partial charge in [0, 0.05) is 12.2 Å². The number of aldehydes is 1. The Labute approximate surface area is 143 Å². The summed E-state index contributed by atoms with van der Waals surface area (Å²) in [7, 11) is 0. The van der Waals surface area contributed by atoms with E-state index in [0.717, 1.165) is 4.90 Å². The maximum atomic E-state index is 12.7. The second-order valence-corrected chi connectivity index (χ2v) is 5.11. The summed E-state index contributed by atoms with van der Waals surface area (Å²) < 4.78 is 0. The van der Waals surface area contributed by atoms with Gasteiger partial charge in [0.2, 0.25) is 0 Å². The number of amides is 1. The van der Waals surface area contributed by atoms with E-state index in [0.29, 0.717) is 12.0 Å². The van der Waals surface area contributed by atoms with E-state index < -0.39 is 22.6 Å². The molecule has 0 fully saturated rings. The molecule has 1 amide bonds. The van der Waals surface area contributed by atoms with Crippen molar-refractivity contribution in [1.82, 2.24) is 0 Å². The van der Waals surface area contributed by atoms with Gasteiger partial charge < -0.3 is 15.1 Å². The number of anilines is 1. The molecule has 0 heterocycles. The number of nitrogens with zero attached hydrogens (tertiary/aromatic N) is 2. The fourth-order valence-corrected chi connectivity index (χ4v) is 2.46. The number of nitro groups is 1. The Morgan fingerprint density at radius 3 is 2.44 bits per heavy atom. The van der Waals surface area contributed by atoms with Crippen molar-refractivity contribution in [3.8, 4) is 0 Å². The van der Waals surface area contributed by atoms with Crippen LogP contribution in [-0.2, 0) is 4.79 Å². The number of benzene rings is 2. The van der Waals surface area contributed by atoms with Gasteiger partial charge in [-0.15, -0.1) is 0 Å². The van der Waals surface area contributed by atoms with Crippen LogP contribution in [0, 0.1) is 10.1 Å². The average molecular weight is 344 g/mol. The van der Waals surface area contributed by atoms with Gasteiger partial charge in [-0.2, -0.15) is 0 Å². The number of aliphatic hydroxyl groups excluding tert-OH is 2. The standard InChI is InChI=1S/C17H16N2O6/c20-10-9-18(13-6-2-1-3-7-13)17(23)16(22)14-8-4-5-12(11-21)15(14)19(24)25/h1-8,11,16,20,22H,9-10H2. The second kappa shape index (κ2) is 8.13. The highest BCUT2D eigenvalue weighted by atomic mass is 16.6. The molecule has 0 aromatic heterocycles. The molecule has 0 aliphatic carbocycles. The van der Waals surface area contributed by atoms with E-state index in [4.69, 9.17) is 0 Å². The van der Waals surface area contributed by atoms with Crippen molar-refractivity contribution in [3.63, 3.8) is 0 Å². The number of nitro benzene ring substituents is 1. The average Bonchev–Trinajstić information content (AvgIpc) is 2.64. The van der Waals surface area contributed by atoms with Crippen LogP contribution in [0.2, 0.25) is 0 Å². The summed E-state index contributed by atoms with van der Waals surface area (Å²) in [6.07, 6.45) is -1.56. The van der Waals surface area contributed by atoms with E-state index in [-0.39, 0.29) is 24.3 Å². The third kappa shape index (κ3) is 3.87. The highest BCUT2D eigenvalue weighted by molar-refractivity contribution is 5.98. The lowest BCUT2D eigenvalue weighted by molar-refractivity contribution is -0.386. The minimum Gasteiger partial charge on any atom is -0.395 e. The van der Waals surface area contributed by atoms with Crippen molar-refractivity contribution < 1.29 is 24.7 Å². The van der Waals surface area contributed by atoms with Gasteiger partial charge in [0.1, 0.15) is 0 Å². The lowest BCUT2D eigenvalue weighted by Gasteiger charge is -2.24. The highest BCUT2D eigenvalue weighted by Crippen LogP contribution is 2.30. The molecule has 0 aliphatic heterocycles. The normalized spacial score (nSPS) is 11.6. The molecule has 8 nitrogen and oxygen atoms in total.